The van der Waals surface area contributed by atoms with Crippen LogP contribution in [-0.2, 0) is 16.1 Å². The fourth-order valence-corrected chi connectivity index (χ4v) is 2.03. The molecule has 0 spiro atoms. The highest BCUT2D eigenvalue weighted by Crippen LogP contribution is 2.30. The quantitative estimate of drug-likeness (QED) is 0.666. The molecule has 2 aromatic rings. The molecular weight excluding hydrogens is 314 g/mol. The van der Waals surface area contributed by atoms with Gasteiger partial charge < -0.3 is 19.5 Å². The first-order valence-corrected chi connectivity index (χ1v) is 7.43. The zero-order valence-electron chi connectivity index (χ0n) is 14.0. The first-order valence-electron chi connectivity index (χ1n) is 7.43. The molecule has 0 bridgehead atoms. The molecule has 1 N–H and O–H groups in total. The zero-order valence-corrected chi connectivity index (χ0v) is 14.0. The highest BCUT2D eigenvalue weighted by molar-refractivity contribution is 5.75. The fourth-order valence-electron chi connectivity index (χ4n) is 2.03. The number of amides is 1. The highest BCUT2D eigenvalue weighted by atomic mass is 16.5. The lowest BCUT2D eigenvalue weighted by atomic mass is 10.2. The predicted octanol–water partition coefficient (Wildman–Crippen LogP) is 0.510. The van der Waals surface area contributed by atoms with Crippen LogP contribution in [0.5, 0.6) is 11.5 Å². The molecule has 0 atom stereocenters. The van der Waals surface area contributed by atoms with Crippen LogP contribution in [0.25, 0.3) is 11.4 Å². The first-order chi connectivity index (χ1) is 11.7. The molecule has 1 amide bonds. The van der Waals surface area contributed by atoms with Crippen molar-refractivity contribution in [2.24, 2.45) is 0 Å². The van der Waals surface area contributed by atoms with Gasteiger partial charge in [-0.15, -0.1) is 10.2 Å². The number of carbonyl (C=O) groups is 1. The van der Waals surface area contributed by atoms with E-state index in [0.29, 0.717) is 30.5 Å². The molecule has 9 nitrogen and oxygen atoms in total. The van der Waals surface area contributed by atoms with Crippen LogP contribution in [0.3, 0.4) is 0 Å². The molecule has 0 unspecified atom stereocenters. The second kappa shape index (κ2) is 8.82. The van der Waals surface area contributed by atoms with Crippen LogP contribution in [0.15, 0.2) is 18.2 Å². The number of aromatic nitrogens is 4. The SMILES string of the molecule is COCCCNC(=O)Cn1nnc(-c2ccc(OC)c(OC)c2)n1. The Bertz CT molecular complexity index is 674. The van der Waals surface area contributed by atoms with Crippen LogP contribution >= 0.6 is 0 Å². The van der Waals surface area contributed by atoms with Crippen LogP contribution in [0.1, 0.15) is 6.42 Å². The fraction of sp³-hybridized carbons (Fsp3) is 0.467. The van der Waals surface area contributed by atoms with Gasteiger partial charge in [0.1, 0.15) is 6.54 Å². The van der Waals surface area contributed by atoms with E-state index in [-0.39, 0.29) is 12.5 Å². The van der Waals surface area contributed by atoms with Crippen molar-refractivity contribution in [1.82, 2.24) is 25.5 Å². The maximum absolute atomic E-state index is 11.8. The summed E-state index contributed by atoms with van der Waals surface area (Å²) in [7, 11) is 4.74. The third-order valence-electron chi connectivity index (χ3n) is 3.23. The van der Waals surface area contributed by atoms with Crippen LogP contribution in [0, 0.1) is 0 Å². The summed E-state index contributed by atoms with van der Waals surface area (Å²) < 4.78 is 15.4. The summed E-state index contributed by atoms with van der Waals surface area (Å²) in [6.07, 6.45) is 0.754. The summed E-state index contributed by atoms with van der Waals surface area (Å²) in [6, 6.07) is 5.32. The van der Waals surface area contributed by atoms with E-state index in [1.807, 2.05) is 0 Å². The van der Waals surface area contributed by atoms with E-state index in [4.69, 9.17) is 14.2 Å². The largest absolute Gasteiger partial charge is 0.493 e. The van der Waals surface area contributed by atoms with Crippen molar-refractivity contribution in [3.8, 4) is 22.9 Å². The minimum Gasteiger partial charge on any atom is -0.493 e. The molecule has 0 aliphatic heterocycles. The first kappa shape index (κ1) is 17.7. The molecule has 0 aliphatic carbocycles. The van der Waals surface area contributed by atoms with Crippen LogP contribution in [-0.4, -0.2) is 60.6 Å². The zero-order chi connectivity index (χ0) is 17.4. The van der Waals surface area contributed by atoms with Gasteiger partial charge >= 0.3 is 0 Å². The molecule has 0 fully saturated rings. The number of nitrogens with one attached hydrogen (secondary N) is 1. The molecule has 1 aromatic carbocycles. The average Bonchev–Trinajstić information content (AvgIpc) is 3.06. The maximum Gasteiger partial charge on any atom is 0.243 e. The van der Waals surface area contributed by atoms with Crippen molar-refractivity contribution in [1.29, 1.82) is 0 Å². The van der Waals surface area contributed by atoms with Gasteiger partial charge in [-0.3, -0.25) is 4.79 Å². The molecule has 130 valence electrons. The second-order valence-corrected chi connectivity index (χ2v) is 4.91. The van der Waals surface area contributed by atoms with Crippen molar-refractivity contribution in [2.45, 2.75) is 13.0 Å². The average molecular weight is 335 g/mol. The number of ether oxygens (including phenoxy) is 3. The smallest absolute Gasteiger partial charge is 0.243 e. The number of tetrazole rings is 1. The van der Waals surface area contributed by atoms with Gasteiger partial charge in [0.2, 0.25) is 11.7 Å². The standard InChI is InChI=1S/C15H21N5O4/c1-22-8-4-7-16-14(21)10-20-18-15(17-19-20)11-5-6-12(23-2)13(9-11)24-3/h5-6,9H,4,7-8,10H2,1-3H3,(H,16,21). The summed E-state index contributed by atoms with van der Waals surface area (Å²) in [4.78, 5) is 13.0. The van der Waals surface area contributed by atoms with Crippen LogP contribution in [0.4, 0.5) is 0 Å². The molecule has 0 aliphatic rings. The lowest BCUT2D eigenvalue weighted by molar-refractivity contribution is -0.122. The van der Waals surface area contributed by atoms with E-state index in [2.05, 4.69) is 20.7 Å². The van der Waals surface area contributed by atoms with Gasteiger partial charge in [0, 0.05) is 25.8 Å². The number of benzene rings is 1. The summed E-state index contributed by atoms with van der Waals surface area (Å²) in [5.41, 5.74) is 0.722. The van der Waals surface area contributed by atoms with Gasteiger partial charge in [-0.25, -0.2) is 0 Å². The number of rotatable bonds is 9. The Hall–Kier alpha value is -2.68. The van der Waals surface area contributed by atoms with Gasteiger partial charge in [0.05, 0.1) is 14.2 Å². The molecule has 1 aromatic heterocycles. The Kier molecular flexibility index (Phi) is 6.50. The van der Waals surface area contributed by atoms with Gasteiger partial charge in [-0.05, 0) is 29.8 Å². The molecule has 9 heteroatoms. The Balaban J connectivity index is 1.99. The maximum atomic E-state index is 11.8. The number of carbonyl (C=O) groups excluding carboxylic acids is 1. The third-order valence-corrected chi connectivity index (χ3v) is 3.23. The normalized spacial score (nSPS) is 10.5. The van der Waals surface area contributed by atoms with E-state index < -0.39 is 0 Å². The van der Waals surface area contributed by atoms with Gasteiger partial charge in [-0.2, -0.15) is 4.80 Å². The van der Waals surface area contributed by atoms with E-state index in [1.165, 1.54) is 4.80 Å². The summed E-state index contributed by atoms with van der Waals surface area (Å²) in [5.74, 6) is 1.41. The Labute approximate surface area is 139 Å². The van der Waals surface area contributed by atoms with Crippen LogP contribution in [0.2, 0.25) is 0 Å². The molecule has 2 rings (SSSR count). The van der Waals surface area contributed by atoms with Crippen molar-refractivity contribution in [3.63, 3.8) is 0 Å². The lowest BCUT2D eigenvalue weighted by Crippen LogP contribution is -2.29. The topological polar surface area (TPSA) is 100 Å². The van der Waals surface area contributed by atoms with E-state index in [1.54, 1.807) is 39.5 Å². The molecule has 0 saturated carbocycles. The van der Waals surface area contributed by atoms with Crippen molar-refractivity contribution >= 4 is 5.91 Å². The molecular formula is C15H21N5O4. The molecule has 0 saturated heterocycles. The lowest BCUT2D eigenvalue weighted by Gasteiger charge is -2.07. The second-order valence-electron chi connectivity index (χ2n) is 4.91. The van der Waals surface area contributed by atoms with E-state index in [0.717, 1.165) is 12.0 Å². The number of hydrogen-bond donors (Lipinski definition) is 1. The van der Waals surface area contributed by atoms with Gasteiger partial charge in [0.25, 0.3) is 0 Å². The highest BCUT2D eigenvalue weighted by Gasteiger charge is 2.12. The molecule has 0 radical (unpaired) electrons. The summed E-state index contributed by atoms with van der Waals surface area (Å²) >= 11 is 0. The Morgan fingerprint density at radius 2 is 2.00 bits per heavy atom. The summed E-state index contributed by atoms with van der Waals surface area (Å²) in [5, 5.41) is 14.8. The Morgan fingerprint density at radius 3 is 2.71 bits per heavy atom. The van der Waals surface area contributed by atoms with Gasteiger partial charge in [-0.1, -0.05) is 0 Å². The summed E-state index contributed by atoms with van der Waals surface area (Å²) in [6.45, 7) is 1.16. The minimum atomic E-state index is -0.178. The van der Waals surface area contributed by atoms with Crippen molar-refractivity contribution in [3.05, 3.63) is 18.2 Å². The van der Waals surface area contributed by atoms with Crippen molar-refractivity contribution in [2.75, 3.05) is 34.5 Å². The third kappa shape index (κ3) is 4.66. The monoisotopic (exact) mass is 335 g/mol. The van der Waals surface area contributed by atoms with Crippen LogP contribution < -0.4 is 14.8 Å². The van der Waals surface area contributed by atoms with E-state index >= 15 is 0 Å². The number of methoxy groups -OCH3 is 3. The molecule has 1 heterocycles. The Morgan fingerprint density at radius 1 is 1.21 bits per heavy atom. The predicted molar refractivity (Wildman–Crippen MR) is 85.9 cm³/mol. The number of nitrogens with zero attached hydrogens (tertiary/aromatic N) is 4. The van der Waals surface area contributed by atoms with E-state index in [9.17, 15) is 4.79 Å². The number of hydrogen-bond acceptors (Lipinski definition) is 7. The molecule has 24 heavy (non-hydrogen) atoms. The van der Waals surface area contributed by atoms with Crippen molar-refractivity contribution < 1.29 is 19.0 Å². The minimum absolute atomic E-state index is 0.00721. The van der Waals surface area contributed by atoms with Gasteiger partial charge in [0.15, 0.2) is 11.5 Å².